The number of hydrogen-bond donors (Lipinski definition) is 1. The lowest BCUT2D eigenvalue weighted by Crippen LogP contribution is -2.11. The second-order valence-corrected chi connectivity index (χ2v) is 7.63. The molecule has 0 aliphatic rings. The zero-order valence-electron chi connectivity index (χ0n) is 16.0. The van der Waals surface area contributed by atoms with Crippen molar-refractivity contribution < 1.29 is 13.2 Å². The van der Waals surface area contributed by atoms with Crippen LogP contribution in [0.2, 0.25) is 0 Å². The van der Waals surface area contributed by atoms with Gasteiger partial charge in [-0.2, -0.15) is 13.2 Å². The molecule has 7 heteroatoms. The Hall–Kier alpha value is -2.54. The third kappa shape index (κ3) is 5.97. The highest BCUT2D eigenvalue weighted by molar-refractivity contribution is 7.99. The maximum atomic E-state index is 13.4. The van der Waals surface area contributed by atoms with E-state index in [1.807, 2.05) is 30.3 Å². The molecule has 29 heavy (non-hydrogen) atoms. The smallest absolute Gasteiger partial charge is 0.324 e. The number of nitrogens with one attached hydrogen (secondary N) is 1. The number of unbranched alkanes of at least 4 members (excludes halogenated alkanes) is 2. The van der Waals surface area contributed by atoms with Gasteiger partial charge in [-0.25, -0.2) is 9.97 Å². The van der Waals surface area contributed by atoms with Gasteiger partial charge in [0.15, 0.2) is 0 Å². The van der Waals surface area contributed by atoms with Crippen LogP contribution < -0.4 is 5.32 Å². The number of nitrogens with zero attached hydrogens (tertiary/aromatic N) is 2. The summed E-state index contributed by atoms with van der Waals surface area (Å²) in [5.74, 6) is 0.152. The van der Waals surface area contributed by atoms with Gasteiger partial charge in [-0.3, -0.25) is 0 Å². The second kappa shape index (κ2) is 9.78. The van der Waals surface area contributed by atoms with Gasteiger partial charge in [-0.1, -0.05) is 67.9 Å². The van der Waals surface area contributed by atoms with E-state index in [4.69, 9.17) is 0 Å². The van der Waals surface area contributed by atoms with Crippen LogP contribution in [-0.2, 0) is 12.6 Å². The molecule has 0 aliphatic carbocycles. The van der Waals surface area contributed by atoms with Gasteiger partial charge in [0.05, 0.1) is 0 Å². The number of benzene rings is 2. The van der Waals surface area contributed by atoms with Crippen LogP contribution in [0.3, 0.4) is 0 Å². The summed E-state index contributed by atoms with van der Waals surface area (Å²) < 4.78 is 40.3. The van der Waals surface area contributed by atoms with E-state index < -0.39 is 11.7 Å². The van der Waals surface area contributed by atoms with E-state index in [0.717, 1.165) is 54.9 Å². The van der Waals surface area contributed by atoms with E-state index in [0.29, 0.717) is 4.90 Å². The van der Waals surface area contributed by atoms with Crippen molar-refractivity contribution in [2.75, 3.05) is 5.32 Å². The standard InChI is InChI=1S/C22H22F3N3S/c1-2-3-5-10-16-11-8-9-14-19(16)27-21-26-15-18(22(23,24)25)20(28-21)29-17-12-6-4-7-13-17/h4,6-9,11-15H,2-3,5,10H2,1H3,(H,26,27,28). The molecule has 3 nitrogen and oxygen atoms in total. The molecule has 152 valence electrons. The summed E-state index contributed by atoms with van der Waals surface area (Å²) in [6.07, 6.45) is 0.524. The molecule has 0 unspecified atom stereocenters. The van der Waals surface area contributed by atoms with Crippen molar-refractivity contribution in [1.29, 1.82) is 0 Å². The molecular formula is C22H22F3N3S. The minimum atomic E-state index is -4.52. The van der Waals surface area contributed by atoms with Crippen LogP contribution in [0.4, 0.5) is 24.8 Å². The third-order valence-electron chi connectivity index (χ3n) is 4.33. The molecule has 2 aromatic carbocycles. The number of aryl methyl sites for hydroxylation is 1. The second-order valence-electron chi connectivity index (χ2n) is 6.56. The summed E-state index contributed by atoms with van der Waals surface area (Å²) in [6.45, 7) is 2.14. The van der Waals surface area contributed by atoms with Gasteiger partial charge in [0.25, 0.3) is 0 Å². The molecule has 1 heterocycles. The fourth-order valence-electron chi connectivity index (χ4n) is 2.84. The van der Waals surface area contributed by atoms with Crippen molar-refractivity contribution in [2.24, 2.45) is 0 Å². The molecule has 3 aromatic rings. The Balaban J connectivity index is 1.88. The van der Waals surface area contributed by atoms with Crippen molar-refractivity contribution in [1.82, 2.24) is 9.97 Å². The van der Waals surface area contributed by atoms with E-state index in [1.54, 1.807) is 24.3 Å². The molecule has 0 bridgehead atoms. The first-order chi connectivity index (χ1) is 14.0. The van der Waals surface area contributed by atoms with Crippen molar-refractivity contribution in [3.63, 3.8) is 0 Å². The molecule has 1 aromatic heterocycles. The predicted molar refractivity (Wildman–Crippen MR) is 111 cm³/mol. The van der Waals surface area contributed by atoms with Crippen molar-refractivity contribution >= 4 is 23.4 Å². The highest BCUT2D eigenvalue weighted by Crippen LogP contribution is 2.38. The van der Waals surface area contributed by atoms with Crippen LogP contribution in [0.25, 0.3) is 0 Å². The van der Waals surface area contributed by atoms with Crippen LogP contribution in [-0.4, -0.2) is 9.97 Å². The molecule has 3 rings (SSSR count). The fraction of sp³-hybridized carbons (Fsp3) is 0.273. The minimum Gasteiger partial charge on any atom is -0.324 e. The third-order valence-corrected chi connectivity index (χ3v) is 5.34. The zero-order chi connectivity index (χ0) is 20.7. The molecule has 0 aliphatic heterocycles. The Morgan fingerprint density at radius 1 is 0.966 bits per heavy atom. The number of aromatic nitrogens is 2. The summed E-state index contributed by atoms with van der Waals surface area (Å²) in [5.41, 5.74) is 1.08. The summed E-state index contributed by atoms with van der Waals surface area (Å²) in [5, 5.41) is 2.98. The monoisotopic (exact) mass is 417 g/mol. The average molecular weight is 418 g/mol. The Kier molecular flexibility index (Phi) is 7.14. The molecule has 0 fully saturated rings. The lowest BCUT2D eigenvalue weighted by Gasteiger charge is -2.14. The van der Waals surface area contributed by atoms with E-state index in [2.05, 4.69) is 22.2 Å². The number of rotatable bonds is 8. The Morgan fingerprint density at radius 3 is 2.41 bits per heavy atom. The number of hydrogen-bond acceptors (Lipinski definition) is 4. The zero-order valence-corrected chi connectivity index (χ0v) is 16.9. The van der Waals surface area contributed by atoms with E-state index in [9.17, 15) is 13.2 Å². The quantitative estimate of drug-likeness (QED) is 0.313. The van der Waals surface area contributed by atoms with Gasteiger partial charge in [0, 0.05) is 16.8 Å². The van der Waals surface area contributed by atoms with Gasteiger partial charge in [-0.15, -0.1) is 0 Å². The van der Waals surface area contributed by atoms with Gasteiger partial charge in [-0.05, 0) is 36.6 Å². The SMILES string of the molecule is CCCCCc1ccccc1Nc1ncc(C(F)(F)F)c(Sc2ccccc2)n1. The Labute approximate surface area is 172 Å². The topological polar surface area (TPSA) is 37.8 Å². The Bertz CT molecular complexity index is 930. The summed E-state index contributed by atoms with van der Waals surface area (Å²) in [6, 6.07) is 16.6. The van der Waals surface area contributed by atoms with E-state index >= 15 is 0 Å². The molecule has 0 amide bonds. The number of alkyl halides is 3. The highest BCUT2D eigenvalue weighted by atomic mass is 32.2. The first kappa shape index (κ1) is 21.2. The molecule has 0 spiro atoms. The number of halogens is 3. The molecule has 1 N–H and O–H groups in total. The minimum absolute atomic E-state index is 0.121. The number of anilines is 2. The van der Waals surface area contributed by atoms with Crippen LogP contribution in [0.1, 0.15) is 37.3 Å². The predicted octanol–water partition coefficient (Wildman–Crippen LogP) is 7.12. The molecule has 0 radical (unpaired) electrons. The van der Waals surface area contributed by atoms with E-state index in [1.165, 1.54) is 0 Å². The molecule has 0 saturated carbocycles. The first-order valence-corrected chi connectivity index (χ1v) is 10.3. The Morgan fingerprint density at radius 2 is 1.69 bits per heavy atom. The maximum Gasteiger partial charge on any atom is 0.420 e. The normalized spacial score (nSPS) is 11.4. The summed E-state index contributed by atoms with van der Waals surface area (Å²) in [7, 11) is 0. The van der Waals surface area contributed by atoms with Gasteiger partial charge in [0.2, 0.25) is 5.95 Å². The van der Waals surface area contributed by atoms with Gasteiger partial charge >= 0.3 is 6.18 Å². The van der Waals surface area contributed by atoms with Crippen LogP contribution in [0, 0.1) is 0 Å². The van der Waals surface area contributed by atoms with Crippen molar-refractivity contribution in [3.8, 4) is 0 Å². The highest BCUT2D eigenvalue weighted by Gasteiger charge is 2.35. The van der Waals surface area contributed by atoms with E-state index in [-0.39, 0.29) is 11.0 Å². The lowest BCUT2D eigenvalue weighted by molar-refractivity contribution is -0.140. The van der Waals surface area contributed by atoms with Crippen LogP contribution in [0.15, 0.2) is 70.7 Å². The maximum absolute atomic E-state index is 13.4. The molecule has 0 saturated heterocycles. The summed E-state index contributed by atoms with van der Waals surface area (Å²) in [4.78, 5) is 8.80. The van der Waals surface area contributed by atoms with Crippen molar-refractivity contribution in [2.45, 2.75) is 48.7 Å². The van der Waals surface area contributed by atoms with Gasteiger partial charge in [0.1, 0.15) is 10.6 Å². The van der Waals surface area contributed by atoms with Gasteiger partial charge < -0.3 is 5.32 Å². The first-order valence-electron chi connectivity index (χ1n) is 9.49. The molecular weight excluding hydrogens is 395 g/mol. The van der Waals surface area contributed by atoms with Crippen LogP contribution in [0.5, 0.6) is 0 Å². The molecule has 0 atom stereocenters. The van der Waals surface area contributed by atoms with Crippen molar-refractivity contribution in [3.05, 3.63) is 71.9 Å². The number of para-hydroxylation sites is 1. The lowest BCUT2D eigenvalue weighted by atomic mass is 10.1. The van der Waals surface area contributed by atoms with Crippen LogP contribution >= 0.6 is 11.8 Å². The fourth-order valence-corrected chi connectivity index (χ4v) is 3.77. The largest absolute Gasteiger partial charge is 0.420 e. The summed E-state index contributed by atoms with van der Waals surface area (Å²) >= 11 is 0.976. The average Bonchev–Trinajstić information content (AvgIpc) is 2.69.